The number of β-amino-alcohol motifs (C(OH)–C–C–N with tert-alkyl or cyclic N) is 1. The molecule has 3 N–H and O–H groups in total. The van der Waals surface area contributed by atoms with Gasteiger partial charge in [-0.1, -0.05) is 24.3 Å². The highest BCUT2D eigenvalue weighted by atomic mass is 19.1. The van der Waals surface area contributed by atoms with Crippen LogP contribution in [0.15, 0.2) is 36.4 Å². The summed E-state index contributed by atoms with van der Waals surface area (Å²) < 4.78 is 19.0. The van der Waals surface area contributed by atoms with Gasteiger partial charge in [-0.15, -0.1) is 0 Å². The number of aliphatic hydroxyl groups is 2. The first-order valence-corrected chi connectivity index (χ1v) is 9.76. The van der Waals surface area contributed by atoms with Gasteiger partial charge in [-0.3, -0.25) is 0 Å². The lowest BCUT2D eigenvalue weighted by molar-refractivity contribution is -0.0346. The van der Waals surface area contributed by atoms with Gasteiger partial charge in [0.15, 0.2) is 11.6 Å². The van der Waals surface area contributed by atoms with Gasteiger partial charge in [0.2, 0.25) is 0 Å². The van der Waals surface area contributed by atoms with Crippen LogP contribution in [0.25, 0.3) is 0 Å². The van der Waals surface area contributed by atoms with E-state index in [1.165, 1.54) is 17.7 Å². The van der Waals surface area contributed by atoms with Gasteiger partial charge in [-0.2, -0.15) is 0 Å². The van der Waals surface area contributed by atoms with Crippen LogP contribution in [0, 0.1) is 5.82 Å². The molecule has 150 valence electrons. The summed E-state index contributed by atoms with van der Waals surface area (Å²) in [4.78, 5) is 2.07. The van der Waals surface area contributed by atoms with E-state index in [-0.39, 0.29) is 0 Å². The van der Waals surface area contributed by atoms with Crippen molar-refractivity contribution in [2.45, 2.75) is 37.6 Å². The molecule has 0 bridgehead atoms. The molecule has 1 atom stereocenters. The van der Waals surface area contributed by atoms with Crippen LogP contribution in [-0.2, 0) is 23.4 Å². The zero-order chi connectivity index (χ0) is 19.7. The summed E-state index contributed by atoms with van der Waals surface area (Å²) >= 11 is 0. The number of phenolic OH excluding ortho intramolecular Hbond substituents is 1. The lowest BCUT2D eigenvalue weighted by Crippen LogP contribution is -2.44. The number of fused-ring (bicyclic) bond motifs is 1. The van der Waals surface area contributed by atoms with Crippen LogP contribution in [0.1, 0.15) is 41.2 Å². The third kappa shape index (κ3) is 3.91. The van der Waals surface area contributed by atoms with Crippen molar-refractivity contribution in [3.05, 3.63) is 64.5 Å². The Morgan fingerprint density at radius 3 is 2.64 bits per heavy atom. The fraction of sp³-hybridized carbons (Fsp3) is 0.455. The molecule has 0 aromatic heterocycles. The van der Waals surface area contributed by atoms with Crippen LogP contribution in [0.4, 0.5) is 4.39 Å². The van der Waals surface area contributed by atoms with Crippen molar-refractivity contribution in [1.29, 1.82) is 0 Å². The molecule has 2 aromatic rings. The molecule has 0 spiro atoms. The monoisotopic (exact) mass is 387 g/mol. The minimum absolute atomic E-state index is 0.359. The average Bonchev–Trinajstić information content (AvgIpc) is 2.71. The van der Waals surface area contributed by atoms with Crippen LogP contribution in [0.2, 0.25) is 0 Å². The quantitative estimate of drug-likeness (QED) is 0.752. The Morgan fingerprint density at radius 1 is 1.11 bits per heavy atom. The molecular weight excluding hydrogens is 361 g/mol. The van der Waals surface area contributed by atoms with Crippen LogP contribution in [0.3, 0.4) is 0 Å². The molecule has 5 nitrogen and oxygen atoms in total. The Kier molecular flexibility index (Phi) is 5.38. The van der Waals surface area contributed by atoms with E-state index in [9.17, 15) is 19.7 Å². The summed E-state index contributed by atoms with van der Waals surface area (Å²) in [6, 6.07) is 10.1. The standard InChI is InChI=1S/C22H26FNO4/c23-19-12-16(2-4-20(19)25)21(26)13-24-8-6-22(27,7-9-24)18-3-1-15-5-10-28-14-17(15)11-18/h1-4,11-12,21,25-27H,5-10,13-14H2. The van der Waals surface area contributed by atoms with Crippen LogP contribution >= 0.6 is 0 Å². The van der Waals surface area contributed by atoms with Crippen molar-refractivity contribution in [3.8, 4) is 5.75 Å². The van der Waals surface area contributed by atoms with Crippen molar-refractivity contribution >= 4 is 0 Å². The number of hydrogen-bond acceptors (Lipinski definition) is 5. The zero-order valence-electron chi connectivity index (χ0n) is 15.8. The van der Waals surface area contributed by atoms with Gasteiger partial charge < -0.3 is 25.0 Å². The molecular formula is C22H26FNO4. The summed E-state index contributed by atoms with van der Waals surface area (Å²) in [5.41, 5.74) is 2.94. The molecule has 0 amide bonds. The highest BCUT2D eigenvalue weighted by molar-refractivity contribution is 5.36. The zero-order valence-corrected chi connectivity index (χ0v) is 15.8. The Bertz CT molecular complexity index is 848. The van der Waals surface area contributed by atoms with E-state index >= 15 is 0 Å². The largest absolute Gasteiger partial charge is 0.505 e. The fourth-order valence-electron chi connectivity index (χ4n) is 4.13. The SMILES string of the molecule is Oc1ccc(C(O)CN2CCC(O)(c3ccc4c(c3)COCC4)CC2)cc1F. The predicted molar refractivity (Wildman–Crippen MR) is 102 cm³/mol. The number of aliphatic hydroxyl groups excluding tert-OH is 1. The maximum absolute atomic E-state index is 13.5. The first kappa shape index (κ1) is 19.3. The minimum atomic E-state index is -0.876. The number of halogens is 1. The van der Waals surface area contributed by atoms with Crippen LogP contribution in [0.5, 0.6) is 5.75 Å². The Balaban J connectivity index is 1.39. The van der Waals surface area contributed by atoms with Crippen molar-refractivity contribution in [2.24, 2.45) is 0 Å². The molecule has 1 fully saturated rings. The first-order valence-electron chi connectivity index (χ1n) is 9.76. The lowest BCUT2D eigenvalue weighted by atomic mass is 9.82. The van der Waals surface area contributed by atoms with Crippen molar-refractivity contribution in [3.63, 3.8) is 0 Å². The Labute approximate surface area is 164 Å². The number of rotatable bonds is 4. The number of benzene rings is 2. The molecule has 0 aliphatic carbocycles. The van der Waals surface area contributed by atoms with Gasteiger partial charge in [0.25, 0.3) is 0 Å². The summed E-state index contributed by atoms with van der Waals surface area (Å²) in [7, 11) is 0. The predicted octanol–water partition coefficient (Wildman–Crippen LogP) is 2.62. The second-order valence-electron chi connectivity index (χ2n) is 7.84. The number of aromatic hydroxyl groups is 1. The molecule has 2 aromatic carbocycles. The van der Waals surface area contributed by atoms with E-state index in [0.717, 1.165) is 30.2 Å². The third-order valence-electron chi connectivity index (χ3n) is 5.99. The van der Waals surface area contributed by atoms with Gasteiger partial charge in [-0.25, -0.2) is 4.39 Å². The fourth-order valence-corrected chi connectivity index (χ4v) is 4.13. The van der Waals surface area contributed by atoms with Crippen molar-refractivity contribution in [2.75, 3.05) is 26.2 Å². The molecule has 6 heteroatoms. The molecule has 2 aliphatic rings. The number of piperidine rings is 1. The smallest absolute Gasteiger partial charge is 0.165 e. The molecule has 2 heterocycles. The van der Waals surface area contributed by atoms with E-state index in [2.05, 4.69) is 17.0 Å². The normalized spacial score (nSPS) is 20.5. The summed E-state index contributed by atoms with van der Waals surface area (Å²) in [6.45, 7) is 2.99. The molecule has 28 heavy (non-hydrogen) atoms. The van der Waals surface area contributed by atoms with Gasteiger partial charge in [0.05, 0.1) is 24.9 Å². The van der Waals surface area contributed by atoms with E-state index in [1.807, 2.05) is 6.07 Å². The van der Waals surface area contributed by atoms with Gasteiger partial charge >= 0.3 is 0 Å². The highest BCUT2D eigenvalue weighted by Crippen LogP contribution is 2.35. The summed E-state index contributed by atoms with van der Waals surface area (Å²) in [6.07, 6.45) is 1.21. The van der Waals surface area contributed by atoms with Gasteiger partial charge in [0, 0.05) is 19.6 Å². The number of ether oxygens (including phenoxy) is 1. The van der Waals surface area contributed by atoms with Crippen molar-refractivity contribution in [1.82, 2.24) is 4.90 Å². The maximum Gasteiger partial charge on any atom is 0.165 e. The maximum atomic E-state index is 13.5. The topological polar surface area (TPSA) is 73.2 Å². The molecule has 0 saturated carbocycles. The summed E-state index contributed by atoms with van der Waals surface area (Å²) in [5.74, 6) is -1.16. The number of nitrogens with zero attached hydrogens (tertiary/aromatic N) is 1. The minimum Gasteiger partial charge on any atom is -0.505 e. The third-order valence-corrected chi connectivity index (χ3v) is 5.99. The molecule has 2 aliphatic heterocycles. The lowest BCUT2D eigenvalue weighted by Gasteiger charge is -2.39. The average molecular weight is 387 g/mol. The van der Waals surface area contributed by atoms with E-state index in [1.54, 1.807) is 0 Å². The molecule has 4 rings (SSSR count). The number of phenols is 1. The van der Waals surface area contributed by atoms with Crippen LogP contribution < -0.4 is 0 Å². The second-order valence-corrected chi connectivity index (χ2v) is 7.84. The number of likely N-dealkylation sites (tertiary alicyclic amines) is 1. The second kappa shape index (κ2) is 7.79. The number of hydrogen-bond donors (Lipinski definition) is 3. The first-order chi connectivity index (χ1) is 13.4. The van der Waals surface area contributed by atoms with E-state index in [4.69, 9.17) is 4.74 Å². The molecule has 1 saturated heterocycles. The molecule has 1 unspecified atom stereocenters. The summed E-state index contributed by atoms with van der Waals surface area (Å²) in [5, 5.41) is 30.9. The van der Waals surface area contributed by atoms with Gasteiger partial charge in [-0.05, 0) is 53.6 Å². The van der Waals surface area contributed by atoms with E-state index < -0.39 is 23.3 Å². The van der Waals surface area contributed by atoms with Crippen molar-refractivity contribution < 1.29 is 24.4 Å². The Morgan fingerprint density at radius 2 is 1.89 bits per heavy atom. The Hall–Kier alpha value is -1.99. The van der Waals surface area contributed by atoms with E-state index in [0.29, 0.717) is 44.6 Å². The van der Waals surface area contributed by atoms with Gasteiger partial charge in [0.1, 0.15) is 0 Å². The van der Waals surface area contributed by atoms with Crippen LogP contribution in [-0.4, -0.2) is 46.5 Å². The molecule has 0 radical (unpaired) electrons. The highest BCUT2D eigenvalue weighted by Gasteiger charge is 2.35.